The fourth-order valence-electron chi connectivity index (χ4n) is 3.81. The van der Waals surface area contributed by atoms with Crippen LogP contribution >= 0.6 is 11.6 Å². The second-order valence-electron chi connectivity index (χ2n) is 8.64. The lowest BCUT2D eigenvalue weighted by molar-refractivity contribution is -0.139. The molecule has 3 aromatic rings. The van der Waals surface area contributed by atoms with Gasteiger partial charge in [-0.3, -0.25) is 13.9 Å². The maximum absolute atomic E-state index is 13.8. The zero-order valence-corrected chi connectivity index (χ0v) is 23.2. The van der Waals surface area contributed by atoms with Gasteiger partial charge < -0.3 is 15.0 Å². The molecule has 0 heterocycles. The molecule has 0 bridgehead atoms. The van der Waals surface area contributed by atoms with Gasteiger partial charge in [-0.1, -0.05) is 48.9 Å². The molecule has 0 spiro atoms. The predicted molar refractivity (Wildman–Crippen MR) is 149 cm³/mol. The summed E-state index contributed by atoms with van der Waals surface area (Å²) in [7, 11) is -2.65. The molecule has 202 valence electrons. The monoisotopic (exact) mass is 557 g/mol. The second kappa shape index (κ2) is 13.3. The van der Waals surface area contributed by atoms with Gasteiger partial charge in [0.05, 0.1) is 17.7 Å². The summed E-state index contributed by atoms with van der Waals surface area (Å²) in [4.78, 5) is 28.0. The molecule has 0 saturated heterocycles. The Morgan fingerprint density at radius 1 is 1.00 bits per heavy atom. The Bertz CT molecular complexity index is 1330. The number of benzene rings is 3. The van der Waals surface area contributed by atoms with Crippen LogP contribution < -0.4 is 14.4 Å². The molecule has 0 unspecified atom stereocenters. The molecule has 0 radical (unpaired) electrons. The molecule has 0 aliphatic heterocycles. The number of nitrogens with one attached hydrogen (secondary N) is 1. The highest BCUT2D eigenvalue weighted by Gasteiger charge is 2.32. The van der Waals surface area contributed by atoms with E-state index in [1.165, 1.54) is 24.1 Å². The summed E-state index contributed by atoms with van der Waals surface area (Å²) >= 11 is 6.15. The number of amides is 2. The van der Waals surface area contributed by atoms with Crippen LogP contribution in [0.1, 0.15) is 25.8 Å². The number of sulfonamides is 1. The van der Waals surface area contributed by atoms with E-state index < -0.39 is 28.5 Å². The van der Waals surface area contributed by atoms with Gasteiger partial charge in [-0.15, -0.1) is 0 Å². The third-order valence-electron chi connectivity index (χ3n) is 5.93. The van der Waals surface area contributed by atoms with Crippen LogP contribution in [-0.4, -0.2) is 51.4 Å². The first-order valence-corrected chi connectivity index (χ1v) is 14.0. The minimum atomic E-state index is -4.14. The first kappa shape index (κ1) is 29.0. The molecule has 38 heavy (non-hydrogen) atoms. The molecule has 0 aromatic heterocycles. The topological polar surface area (TPSA) is 96.0 Å². The van der Waals surface area contributed by atoms with Gasteiger partial charge in [0.15, 0.2) is 0 Å². The normalized spacial score (nSPS) is 11.9. The molecule has 3 rings (SSSR count). The van der Waals surface area contributed by atoms with Crippen molar-refractivity contribution in [3.63, 3.8) is 0 Å². The van der Waals surface area contributed by atoms with Crippen molar-refractivity contribution in [2.75, 3.05) is 24.5 Å². The van der Waals surface area contributed by atoms with Crippen molar-refractivity contribution < 1.29 is 22.7 Å². The summed E-state index contributed by atoms with van der Waals surface area (Å²) in [5.41, 5.74) is 1.03. The lowest BCUT2D eigenvalue weighted by Crippen LogP contribution is -2.51. The second-order valence-corrected chi connectivity index (χ2v) is 10.9. The summed E-state index contributed by atoms with van der Waals surface area (Å²) in [6.45, 7) is 3.58. The molecule has 2 amide bonds. The molecule has 0 fully saturated rings. The summed E-state index contributed by atoms with van der Waals surface area (Å²) in [6, 6.07) is 20.5. The Labute approximate surface area is 229 Å². The van der Waals surface area contributed by atoms with E-state index in [1.54, 1.807) is 73.7 Å². The van der Waals surface area contributed by atoms with Crippen molar-refractivity contribution in [2.45, 2.75) is 37.8 Å². The Morgan fingerprint density at radius 3 is 2.29 bits per heavy atom. The quantitative estimate of drug-likeness (QED) is 0.354. The number of rotatable bonds is 12. The van der Waals surface area contributed by atoms with Crippen LogP contribution in [0.4, 0.5) is 5.69 Å². The molecule has 10 heteroatoms. The fraction of sp³-hybridized carbons (Fsp3) is 0.286. The zero-order chi connectivity index (χ0) is 27.7. The molecular weight excluding hydrogens is 526 g/mol. The van der Waals surface area contributed by atoms with Gasteiger partial charge in [0, 0.05) is 18.1 Å². The highest BCUT2D eigenvalue weighted by atomic mass is 35.5. The van der Waals surface area contributed by atoms with E-state index in [-0.39, 0.29) is 17.3 Å². The van der Waals surface area contributed by atoms with Gasteiger partial charge >= 0.3 is 0 Å². The van der Waals surface area contributed by atoms with Gasteiger partial charge in [-0.2, -0.15) is 0 Å². The van der Waals surface area contributed by atoms with Gasteiger partial charge in [0.1, 0.15) is 18.3 Å². The predicted octanol–water partition coefficient (Wildman–Crippen LogP) is 4.49. The Balaban J connectivity index is 1.99. The number of hydrogen-bond donors (Lipinski definition) is 1. The number of methoxy groups -OCH3 is 1. The van der Waals surface area contributed by atoms with Crippen LogP contribution in [0.25, 0.3) is 0 Å². The Morgan fingerprint density at radius 2 is 1.68 bits per heavy atom. The maximum atomic E-state index is 13.8. The van der Waals surface area contributed by atoms with Crippen molar-refractivity contribution >= 4 is 39.1 Å². The van der Waals surface area contributed by atoms with E-state index in [4.69, 9.17) is 16.3 Å². The van der Waals surface area contributed by atoms with Gasteiger partial charge in [0.2, 0.25) is 11.8 Å². The first-order chi connectivity index (χ1) is 18.2. The largest absolute Gasteiger partial charge is 0.497 e. The number of anilines is 1. The third-order valence-corrected chi connectivity index (χ3v) is 7.95. The van der Waals surface area contributed by atoms with Crippen LogP contribution in [-0.2, 0) is 26.2 Å². The summed E-state index contributed by atoms with van der Waals surface area (Å²) in [5.74, 6) is -0.359. The Kier molecular flexibility index (Phi) is 10.2. The first-order valence-electron chi connectivity index (χ1n) is 12.2. The zero-order valence-electron chi connectivity index (χ0n) is 21.6. The van der Waals surface area contributed by atoms with E-state index in [9.17, 15) is 18.0 Å². The molecule has 0 aliphatic rings. The summed E-state index contributed by atoms with van der Waals surface area (Å²) in [6.07, 6.45) is 0.739. The molecule has 1 N–H and O–H groups in total. The summed E-state index contributed by atoms with van der Waals surface area (Å²) in [5, 5.41) is 3.31. The van der Waals surface area contributed by atoms with Crippen LogP contribution in [0.5, 0.6) is 5.75 Å². The number of nitrogens with zero attached hydrogens (tertiary/aromatic N) is 2. The molecular formula is C28H32ClN3O5S. The fourth-order valence-corrected chi connectivity index (χ4v) is 5.44. The standard InChI is InChI=1S/C28H32ClN3O5S/c1-4-17-30-28(34)21(2)31(19-22-9-8-10-23(29)18-22)27(33)20-32(24-11-6-5-7-12-24)38(35,36)26-15-13-25(37-3)14-16-26/h5-16,18,21H,4,17,19-20H2,1-3H3,(H,30,34)/t21-/m1/s1. The van der Waals surface area contributed by atoms with Crippen molar-refractivity contribution in [3.05, 3.63) is 89.4 Å². The highest BCUT2D eigenvalue weighted by Crippen LogP contribution is 2.26. The third kappa shape index (κ3) is 7.26. The van der Waals surface area contributed by atoms with Crippen LogP contribution in [0.15, 0.2) is 83.8 Å². The average Bonchev–Trinajstić information content (AvgIpc) is 2.93. The van der Waals surface area contributed by atoms with E-state index in [0.717, 1.165) is 10.7 Å². The number of halogens is 1. The number of hydrogen-bond acceptors (Lipinski definition) is 5. The van der Waals surface area contributed by atoms with Gasteiger partial charge in [-0.05, 0) is 67.4 Å². The SMILES string of the molecule is CCCNC(=O)[C@@H](C)N(Cc1cccc(Cl)c1)C(=O)CN(c1ccccc1)S(=O)(=O)c1ccc(OC)cc1. The van der Waals surface area contributed by atoms with Gasteiger partial charge in [0.25, 0.3) is 10.0 Å². The van der Waals surface area contributed by atoms with Crippen LogP contribution in [0.2, 0.25) is 5.02 Å². The van der Waals surface area contributed by atoms with Crippen molar-refractivity contribution in [3.8, 4) is 5.75 Å². The van der Waals surface area contributed by atoms with Crippen molar-refractivity contribution in [1.29, 1.82) is 0 Å². The minimum absolute atomic E-state index is 0.00471. The molecule has 1 atom stereocenters. The van der Waals surface area contributed by atoms with Crippen molar-refractivity contribution in [2.24, 2.45) is 0 Å². The van der Waals surface area contributed by atoms with Crippen LogP contribution in [0.3, 0.4) is 0 Å². The summed E-state index contributed by atoms with van der Waals surface area (Å²) < 4.78 is 33.7. The molecule has 0 aliphatic carbocycles. The van der Waals surface area contributed by atoms with E-state index in [1.807, 2.05) is 6.92 Å². The molecule has 0 saturated carbocycles. The average molecular weight is 558 g/mol. The highest BCUT2D eigenvalue weighted by molar-refractivity contribution is 7.92. The van der Waals surface area contributed by atoms with Crippen LogP contribution in [0, 0.1) is 0 Å². The lowest BCUT2D eigenvalue weighted by Gasteiger charge is -2.32. The number of carbonyl (C=O) groups excluding carboxylic acids is 2. The van der Waals surface area contributed by atoms with Gasteiger partial charge in [-0.25, -0.2) is 8.42 Å². The number of ether oxygens (including phenoxy) is 1. The van der Waals surface area contributed by atoms with E-state index in [2.05, 4.69) is 5.32 Å². The number of carbonyl (C=O) groups is 2. The van der Waals surface area contributed by atoms with Crippen molar-refractivity contribution in [1.82, 2.24) is 10.2 Å². The number of para-hydroxylation sites is 1. The van der Waals surface area contributed by atoms with E-state index >= 15 is 0 Å². The smallest absolute Gasteiger partial charge is 0.264 e. The molecule has 8 nitrogen and oxygen atoms in total. The minimum Gasteiger partial charge on any atom is -0.497 e. The van der Waals surface area contributed by atoms with E-state index in [0.29, 0.717) is 28.6 Å². The lowest BCUT2D eigenvalue weighted by atomic mass is 10.1. The molecule has 3 aromatic carbocycles. The Hall–Kier alpha value is -3.56. The maximum Gasteiger partial charge on any atom is 0.264 e.